The van der Waals surface area contributed by atoms with Crippen LogP contribution in [0.4, 0.5) is 11.9 Å². The van der Waals surface area contributed by atoms with Gasteiger partial charge in [-0.25, -0.2) is 0 Å². The number of rotatable bonds is 16. The molecule has 16 heteroatoms. The number of carbonyl (C=O) groups excluding carboxylic acids is 2. The van der Waals surface area contributed by atoms with Crippen LogP contribution < -0.4 is 20.1 Å². The minimum Gasteiger partial charge on any atom is -0.424 e. The Bertz CT molecular complexity index is 1700. The molecule has 0 unspecified atom stereocenters. The Morgan fingerprint density at radius 3 is 1.44 bits per heavy atom. The molecule has 0 aliphatic heterocycles. The van der Waals surface area contributed by atoms with E-state index in [9.17, 15) is 9.59 Å². The van der Waals surface area contributed by atoms with Gasteiger partial charge in [-0.15, -0.1) is 0 Å². The number of nitriles is 2. The van der Waals surface area contributed by atoms with Gasteiger partial charge in [-0.05, 0) is 140 Å². The quantitative estimate of drug-likeness (QED) is 0.0797. The van der Waals surface area contributed by atoms with Crippen molar-refractivity contribution in [1.29, 1.82) is 10.5 Å². The van der Waals surface area contributed by atoms with Crippen LogP contribution in [-0.2, 0) is 9.59 Å². The topological polar surface area (TPSA) is 163 Å². The molecule has 0 atom stereocenters. The summed E-state index contributed by atoms with van der Waals surface area (Å²) in [5.74, 6) is 1.35. The zero-order valence-corrected chi connectivity index (χ0v) is 38.7. The number of aromatic nitrogens is 3. The second-order valence-electron chi connectivity index (χ2n) is 12.8. The number of ether oxygens (including phenoxy) is 2. The van der Waals surface area contributed by atoms with Gasteiger partial charge in [0.2, 0.25) is 17.2 Å². The van der Waals surface area contributed by atoms with Crippen LogP contribution in [0.2, 0.25) is 5.28 Å². The minimum atomic E-state index is -0.248. The van der Waals surface area contributed by atoms with E-state index in [0.717, 1.165) is 51.5 Å². The second-order valence-corrected chi connectivity index (χ2v) is 16.6. The Labute approximate surface area is 358 Å². The van der Waals surface area contributed by atoms with Crippen molar-refractivity contribution in [3.05, 3.63) is 58.6 Å². The smallest absolute Gasteiger partial charge is 0.311 e. The lowest BCUT2D eigenvalue weighted by Crippen LogP contribution is -2.27. The predicted octanol–water partition coefficient (Wildman–Crippen LogP) is 12.5. The molecule has 54 heavy (non-hydrogen) atoms. The Balaban J connectivity index is 0.000000409. The molecule has 3 aromatic rings. The molecule has 0 radical (unpaired) electrons. The van der Waals surface area contributed by atoms with Gasteiger partial charge in [0.25, 0.3) is 0 Å². The zero-order chi connectivity index (χ0) is 40.7. The normalized spacial score (nSPS) is 10.4. The highest BCUT2D eigenvalue weighted by Crippen LogP contribution is 2.36. The first-order valence-electron chi connectivity index (χ1n) is 17.7. The number of anilines is 2. The molecule has 3 rings (SSSR count). The number of hydrogen-bond acceptors (Lipinski definition) is 11. The summed E-state index contributed by atoms with van der Waals surface area (Å²) in [5, 5.41) is 24.0. The number of nitrogens with zero attached hydrogens (tertiary/aromatic N) is 5. The van der Waals surface area contributed by atoms with Gasteiger partial charge >= 0.3 is 11.9 Å². The van der Waals surface area contributed by atoms with Gasteiger partial charge in [-0.2, -0.15) is 25.5 Å². The highest BCUT2D eigenvalue weighted by Gasteiger charge is 2.15. The van der Waals surface area contributed by atoms with E-state index in [1.807, 2.05) is 39.8 Å². The predicted molar refractivity (Wildman–Crippen MR) is 229 cm³/mol. The third kappa shape index (κ3) is 20.7. The third-order valence-corrected chi connectivity index (χ3v) is 9.36. The van der Waals surface area contributed by atoms with E-state index in [1.165, 1.54) is 12.8 Å². The van der Waals surface area contributed by atoms with Crippen LogP contribution in [0.25, 0.3) is 0 Å². The third-order valence-electron chi connectivity index (χ3n) is 6.84. The molecule has 2 aromatic carbocycles. The summed E-state index contributed by atoms with van der Waals surface area (Å²) >= 11 is 19.0. The summed E-state index contributed by atoms with van der Waals surface area (Å²) in [6, 6.07) is 10.6. The van der Waals surface area contributed by atoms with Gasteiger partial charge in [-0.1, -0.05) is 58.8 Å². The van der Waals surface area contributed by atoms with Gasteiger partial charge in [0, 0.05) is 24.9 Å². The van der Waals surface area contributed by atoms with E-state index in [-0.39, 0.29) is 22.8 Å². The zero-order valence-electron chi connectivity index (χ0n) is 31.6. The minimum absolute atomic E-state index is 0.103. The summed E-state index contributed by atoms with van der Waals surface area (Å²) in [4.78, 5) is 35.6. The summed E-state index contributed by atoms with van der Waals surface area (Å²) < 4.78 is 13.0. The average molecular weight is 1020 g/mol. The van der Waals surface area contributed by atoms with Crippen molar-refractivity contribution >= 4 is 99.2 Å². The number of carbonyl (C=O) groups is 2. The lowest BCUT2D eigenvalue weighted by molar-refractivity contribution is -0.135. The van der Waals surface area contributed by atoms with E-state index in [4.69, 9.17) is 31.6 Å². The molecule has 0 amide bonds. The van der Waals surface area contributed by atoms with Crippen LogP contribution in [0.5, 0.6) is 11.5 Å². The molecule has 0 saturated heterocycles. The molecule has 0 aliphatic rings. The maximum absolute atomic E-state index is 11.8. The van der Waals surface area contributed by atoms with Gasteiger partial charge < -0.3 is 20.1 Å². The lowest BCUT2D eigenvalue weighted by atomic mass is 10.1. The van der Waals surface area contributed by atoms with Crippen LogP contribution in [0.1, 0.15) is 123 Å². The maximum Gasteiger partial charge on any atom is 0.311 e. The van der Waals surface area contributed by atoms with Gasteiger partial charge in [0.05, 0.1) is 41.2 Å². The standard InChI is InChI=1S/C15H17Br2NO2.C14H15Br2NO2.C9H16ClN5/c1-2-3-4-5-6-7-14(19)20-15-12(16)8-11(10-18)9-13(15)17;1-2-3-4-5-6-13(18)19-14-11(15)7-10(9-17)8-12(14)16;1-5-11-7-12-6(10)13-8(14-7)15-9(2,3)4/h8-9H,2-7H2,1H3;7-8H,2-6H2,1H3;5H2,1-4H3,(H2,11,12,13,14,15). The van der Waals surface area contributed by atoms with Crippen molar-refractivity contribution in [2.24, 2.45) is 0 Å². The van der Waals surface area contributed by atoms with Crippen molar-refractivity contribution in [2.45, 2.75) is 118 Å². The summed E-state index contributed by atoms with van der Waals surface area (Å²) in [6.45, 7) is 13.1. The van der Waals surface area contributed by atoms with E-state index >= 15 is 0 Å². The monoisotopic (exact) mass is 1020 g/mol. The van der Waals surface area contributed by atoms with Crippen molar-refractivity contribution in [1.82, 2.24) is 15.0 Å². The summed E-state index contributed by atoms with van der Waals surface area (Å²) in [7, 11) is 0. The molecule has 11 nitrogen and oxygen atoms in total. The fourth-order valence-corrected chi connectivity index (χ4v) is 7.18. The molecule has 0 bridgehead atoms. The fourth-order valence-electron chi connectivity index (χ4n) is 4.32. The van der Waals surface area contributed by atoms with E-state index in [2.05, 4.69) is 103 Å². The van der Waals surface area contributed by atoms with Crippen molar-refractivity contribution in [2.75, 3.05) is 17.2 Å². The number of hydrogen-bond donors (Lipinski definition) is 2. The molecule has 294 valence electrons. The highest BCUT2D eigenvalue weighted by molar-refractivity contribution is 9.11. The first-order chi connectivity index (χ1) is 25.6. The van der Waals surface area contributed by atoms with E-state index in [1.54, 1.807) is 24.3 Å². The van der Waals surface area contributed by atoms with Crippen LogP contribution in [0.15, 0.2) is 42.2 Å². The van der Waals surface area contributed by atoms with Gasteiger partial charge in [0.15, 0.2) is 11.5 Å². The van der Waals surface area contributed by atoms with Crippen LogP contribution in [-0.4, -0.2) is 39.0 Å². The van der Waals surface area contributed by atoms with Crippen molar-refractivity contribution in [3.8, 4) is 23.6 Å². The highest BCUT2D eigenvalue weighted by atomic mass is 79.9. The number of benzene rings is 2. The molecule has 0 aliphatic carbocycles. The molecule has 2 N–H and O–H groups in total. The van der Waals surface area contributed by atoms with E-state index in [0.29, 0.717) is 65.3 Å². The first kappa shape index (κ1) is 49.2. The lowest BCUT2D eigenvalue weighted by Gasteiger charge is -2.20. The Kier molecular flexibility index (Phi) is 24.5. The Morgan fingerprint density at radius 1 is 0.685 bits per heavy atom. The number of unbranched alkanes of at least 4 members (excludes halogenated alkanes) is 7. The summed E-state index contributed by atoms with van der Waals surface area (Å²) in [5.41, 5.74) is 0.901. The first-order valence-corrected chi connectivity index (χ1v) is 21.2. The Morgan fingerprint density at radius 2 is 1.07 bits per heavy atom. The number of nitrogens with one attached hydrogen (secondary N) is 2. The fraction of sp³-hybridized carbons (Fsp3) is 0.500. The average Bonchev–Trinajstić information content (AvgIpc) is 3.09. The van der Waals surface area contributed by atoms with Gasteiger partial charge in [-0.3, -0.25) is 9.59 Å². The van der Waals surface area contributed by atoms with Crippen LogP contribution in [0, 0.1) is 22.7 Å². The molecule has 1 aromatic heterocycles. The van der Waals surface area contributed by atoms with Crippen molar-refractivity contribution < 1.29 is 19.1 Å². The van der Waals surface area contributed by atoms with Crippen molar-refractivity contribution in [3.63, 3.8) is 0 Å². The Hall–Kier alpha value is -2.82. The molecule has 0 saturated carbocycles. The second kappa shape index (κ2) is 26.9. The number of halogens is 5. The van der Waals surface area contributed by atoms with E-state index < -0.39 is 0 Å². The SMILES string of the molecule is CCCCCCC(=O)Oc1c(Br)cc(C#N)cc1Br.CCCCCCCC(=O)Oc1c(Br)cc(C#N)cc1Br.CCNc1nc(Cl)nc(NC(C)(C)C)n1. The largest absolute Gasteiger partial charge is 0.424 e. The van der Waals surface area contributed by atoms with Crippen LogP contribution >= 0.6 is 75.3 Å². The molecular weight excluding hydrogens is 974 g/mol. The molecule has 0 fully saturated rings. The molecular formula is C38H48Br4ClN7O4. The summed E-state index contributed by atoms with van der Waals surface area (Å²) in [6.07, 6.45) is 10.5. The molecule has 0 spiro atoms. The van der Waals surface area contributed by atoms with Crippen LogP contribution in [0.3, 0.4) is 0 Å². The molecule has 1 heterocycles. The maximum atomic E-state index is 11.8. The number of esters is 2. The van der Waals surface area contributed by atoms with Gasteiger partial charge in [0.1, 0.15) is 0 Å².